The summed E-state index contributed by atoms with van der Waals surface area (Å²) in [6, 6.07) is 11.9. The van der Waals surface area contributed by atoms with Gasteiger partial charge in [0.1, 0.15) is 5.75 Å². The van der Waals surface area contributed by atoms with Gasteiger partial charge in [-0.05, 0) is 44.3 Å². The fraction of sp³-hybridized carbons (Fsp3) is 0.167. The van der Waals surface area contributed by atoms with Crippen LogP contribution in [0.4, 0.5) is 5.69 Å². The van der Waals surface area contributed by atoms with Crippen LogP contribution < -0.4 is 14.8 Å². The molecule has 7 heteroatoms. The molecule has 0 atom stereocenters. The second-order valence-electron chi connectivity index (χ2n) is 5.40. The van der Waals surface area contributed by atoms with Crippen molar-refractivity contribution in [2.75, 3.05) is 19.0 Å². The molecule has 2 N–H and O–H groups in total. The zero-order valence-corrected chi connectivity index (χ0v) is 14.7. The number of anilines is 1. The van der Waals surface area contributed by atoms with Crippen LogP contribution in [-0.2, 0) is 14.8 Å². The first-order chi connectivity index (χ1) is 12.0. The highest BCUT2D eigenvalue weighted by Crippen LogP contribution is 2.36. The Morgan fingerprint density at radius 3 is 2.68 bits per heavy atom. The molecule has 1 aliphatic heterocycles. The molecule has 25 heavy (non-hydrogen) atoms. The van der Waals surface area contributed by atoms with E-state index in [2.05, 4.69) is 10.0 Å². The van der Waals surface area contributed by atoms with Crippen LogP contribution in [0.15, 0.2) is 47.4 Å². The van der Waals surface area contributed by atoms with Gasteiger partial charge in [-0.25, -0.2) is 13.1 Å². The van der Waals surface area contributed by atoms with Crippen molar-refractivity contribution < 1.29 is 17.9 Å². The highest BCUT2D eigenvalue weighted by atomic mass is 32.2. The number of carbonyl (C=O) groups is 1. The van der Waals surface area contributed by atoms with Crippen molar-refractivity contribution in [2.24, 2.45) is 0 Å². The van der Waals surface area contributed by atoms with Gasteiger partial charge in [0, 0.05) is 22.4 Å². The Balaban J connectivity index is 2.12. The second-order valence-corrected chi connectivity index (χ2v) is 7.28. The van der Waals surface area contributed by atoms with Crippen LogP contribution in [0.3, 0.4) is 0 Å². The van der Waals surface area contributed by atoms with Crippen LogP contribution in [0, 0.1) is 0 Å². The summed E-state index contributed by atoms with van der Waals surface area (Å²) < 4.78 is 31.9. The molecule has 2 aromatic rings. The van der Waals surface area contributed by atoms with E-state index in [1.54, 1.807) is 12.1 Å². The van der Waals surface area contributed by atoms with E-state index in [-0.39, 0.29) is 10.8 Å². The molecule has 0 fully saturated rings. The zero-order valence-electron chi connectivity index (χ0n) is 13.9. The lowest BCUT2D eigenvalue weighted by molar-refractivity contribution is -0.110. The van der Waals surface area contributed by atoms with E-state index in [1.807, 2.05) is 31.2 Å². The molecule has 6 nitrogen and oxygen atoms in total. The molecule has 0 radical (unpaired) electrons. The lowest BCUT2D eigenvalue weighted by Crippen LogP contribution is -2.18. The van der Waals surface area contributed by atoms with Crippen LogP contribution >= 0.6 is 0 Å². The fourth-order valence-corrected chi connectivity index (χ4v) is 3.39. The molecular weight excluding hydrogens is 340 g/mol. The molecule has 1 aliphatic rings. The molecule has 3 rings (SSSR count). The number of para-hydroxylation sites is 1. The smallest absolute Gasteiger partial charge is 0.256 e. The van der Waals surface area contributed by atoms with E-state index in [0.29, 0.717) is 29.2 Å². The minimum atomic E-state index is -3.59. The van der Waals surface area contributed by atoms with Crippen molar-refractivity contribution in [3.63, 3.8) is 0 Å². The van der Waals surface area contributed by atoms with Crippen molar-refractivity contribution in [1.82, 2.24) is 4.72 Å². The maximum Gasteiger partial charge on any atom is 0.256 e. The van der Waals surface area contributed by atoms with Crippen LogP contribution in [0.5, 0.6) is 5.75 Å². The van der Waals surface area contributed by atoms with Gasteiger partial charge in [-0.1, -0.05) is 18.2 Å². The van der Waals surface area contributed by atoms with Crippen LogP contribution in [0.2, 0.25) is 0 Å². The van der Waals surface area contributed by atoms with Gasteiger partial charge in [0.2, 0.25) is 10.0 Å². The Hall–Kier alpha value is -2.64. The minimum absolute atomic E-state index is 0.106. The first-order valence-corrected chi connectivity index (χ1v) is 9.27. The lowest BCUT2D eigenvalue weighted by atomic mass is 10.0. The quantitative estimate of drug-likeness (QED) is 0.804. The molecule has 0 spiro atoms. The van der Waals surface area contributed by atoms with Gasteiger partial charge in [0.25, 0.3) is 5.91 Å². The predicted octanol–water partition coefficient (Wildman–Crippen LogP) is 2.49. The molecule has 1 heterocycles. The monoisotopic (exact) mass is 358 g/mol. The molecule has 0 unspecified atom stereocenters. The van der Waals surface area contributed by atoms with Gasteiger partial charge in [-0.3, -0.25) is 4.79 Å². The Morgan fingerprint density at radius 2 is 1.96 bits per heavy atom. The van der Waals surface area contributed by atoms with Crippen molar-refractivity contribution in [1.29, 1.82) is 0 Å². The topological polar surface area (TPSA) is 84.5 Å². The van der Waals surface area contributed by atoms with E-state index >= 15 is 0 Å². The molecule has 0 bridgehead atoms. The second kappa shape index (κ2) is 6.70. The summed E-state index contributed by atoms with van der Waals surface area (Å²) in [7, 11) is -2.24. The number of nitrogens with one attached hydrogen (secondary N) is 2. The number of amides is 1. The lowest BCUT2D eigenvalue weighted by Gasteiger charge is -2.08. The van der Waals surface area contributed by atoms with E-state index in [0.717, 1.165) is 5.56 Å². The van der Waals surface area contributed by atoms with E-state index in [1.165, 1.54) is 19.2 Å². The van der Waals surface area contributed by atoms with Crippen LogP contribution in [0.25, 0.3) is 11.6 Å². The van der Waals surface area contributed by atoms with Crippen molar-refractivity contribution in [3.8, 4) is 5.75 Å². The predicted molar refractivity (Wildman–Crippen MR) is 96.8 cm³/mol. The third-order valence-corrected chi connectivity index (χ3v) is 5.28. The summed E-state index contributed by atoms with van der Waals surface area (Å²) >= 11 is 0. The molecule has 2 aromatic carbocycles. The van der Waals surface area contributed by atoms with Gasteiger partial charge in [0.15, 0.2) is 0 Å². The van der Waals surface area contributed by atoms with Crippen LogP contribution in [0.1, 0.15) is 18.1 Å². The maximum atomic E-state index is 12.3. The molecular formula is C18H18N2O4S. The van der Waals surface area contributed by atoms with E-state index in [4.69, 9.17) is 4.74 Å². The highest BCUT2D eigenvalue weighted by molar-refractivity contribution is 7.89. The average molecular weight is 358 g/mol. The van der Waals surface area contributed by atoms with Crippen molar-refractivity contribution in [3.05, 3.63) is 53.6 Å². The SMILES string of the molecule is CCOc1ccccc1C=C1C(=O)Nc2ccc(S(=O)(=O)NC)cc21. The van der Waals surface area contributed by atoms with Gasteiger partial charge in [0.05, 0.1) is 11.5 Å². The van der Waals surface area contributed by atoms with Gasteiger partial charge in [-0.2, -0.15) is 0 Å². The average Bonchev–Trinajstić information content (AvgIpc) is 2.92. The Morgan fingerprint density at radius 1 is 1.20 bits per heavy atom. The van der Waals surface area contributed by atoms with Gasteiger partial charge in [-0.15, -0.1) is 0 Å². The molecule has 0 aromatic heterocycles. The number of hydrogen-bond acceptors (Lipinski definition) is 4. The molecule has 130 valence electrons. The van der Waals surface area contributed by atoms with Gasteiger partial charge >= 0.3 is 0 Å². The van der Waals surface area contributed by atoms with Gasteiger partial charge < -0.3 is 10.1 Å². The Labute approximate surface area is 146 Å². The number of rotatable bonds is 5. The summed E-state index contributed by atoms with van der Waals surface area (Å²) in [5, 5.41) is 2.75. The number of ether oxygens (including phenoxy) is 1. The highest BCUT2D eigenvalue weighted by Gasteiger charge is 2.26. The number of carbonyl (C=O) groups excluding carboxylic acids is 1. The van der Waals surface area contributed by atoms with E-state index < -0.39 is 10.0 Å². The van der Waals surface area contributed by atoms with E-state index in [9.17, 15) is 13.2 Å². The summed E-state index contributed by atoms with van der Waals surface area (Å²) in [5.41, 5.74) is 2.28. The molecule has 0 aliphatic carbocycles. The third kappa shape index (κ3) is 3.29. The first-order valence-electron chi connectivity index (χ1n) is 7.79. The normalized spacial score (nSPS) is 15.1. The maximum absolute atomic E-state index is 12.3. The van der Waals surface area contributed by atoms with Crippen molar-refractivity contribution >= 4 is 33.3 Å². The molecule has 0 saturated heterocycles. The summed E-state index contributed by atoms with van der Waals surface area (Å²) in [4.78, 5) is 12.5. The summed E-state index contributed by atoms with van der Waals surface area (Å²) in [6.45, 7) is 2.39. The third-order valence-electron chi connectivity index (χ3n) is 3.87. The number of hydrogen-bond donors (Lipinski definition) is 2. The molecule has 1 amide bonds. The number of benzene rings is 2. The largest absolute Gasteiger partial charge is 0.493 e. The Kier molecular flexibility index (Phi) is 4.61. The summed E-state index contributed by atoms with van der Waals surface area (Å²) in [5.74, 6) is 0.387. The Bertz CT molecular complexity index is 965. The fourth-order valence-electron chi connectivity index (χ4n) is 2.64. The standard InChI is InChI=1S/C18H18N2O4S/c1-3-24-17-7-5-4-6-12(17)10-15-14-11-13(25(22,23)19-2)8-9-16(14)20-18(15)21/h4-11,19H,3H2,1-2H3,(H,20,21). The van der Waals surface area contributed by atoms with Crippen molar-refractivity contribution in [2.45, 2.75) is 11.8 Å². The summed E-state index contributed by atoms with van der Waals surface area (Å²) in [6.07, 6.45) is 1.71. The zero-order chi connectivity index (χ0) is 18.0. The first kappa shape index (κ1) is 17.2. The minimum Gasteiger partial charge on any atom is -0.493 e. The number of fused-ring (bicyclic) bond motifs is 1. The molecule has 0 saturated carbocycles. The number of sulfonamides is 1. The van der Waals surface area contributed by atoms with Crippen LogP contribution in [-0.4, -0.2) is 28.0 Å².